The van der Waals surface area contributed by atoms with Crippen molar-refractivity contribution in [2.24, 2.45) is 59.2 Å². The number of rotatable bonds is 7. The van der Waals surface area contributed by atoms with Crippen molar-refractivity contribution < 1.29 is 0 Å². The Bertz CT molecular complexity index is 489. The molecule has 2 aliphatic carbocycles. The Morgan fingerprint density at radius 2 is 0.633 bits per heavy atom. The zero-order chi connectivity index (χ0) is 23.3. The Morgan fingerprint density at radius 1 is 0.433 bits per heavy atom. The molecule has 10 unspecified atom stereocenters. The SMILES string of the molecule is CC(C[Si](C)(C)C1C(C)C(C)C(C)C1C)C(C)C[Si](C)(C)C1C(C)C(C)C(C)C1C. The molecular formula is C28H58Si2. The smallest absolute Gasteiger partial charge is 0.0513 e. The van der Waals surface area contributed by atoms with Gasteiger partial charge in [-0.1, -0.05) is 108 Å². The van der Waals surface area contributed by atoms with E-state index in [1.807, 2.05) is 0 Å². The topological polar surface area (TPSA) is 0 Å². The summed E-state index contributed by atoms with van der Waals surface area (Å²) in [6, 6.07) is 3.08. The van der Waals surface area contributed by atoms with E-state index in [-0.39, 0.29) is 0 Å². The second kappa shape index (κ2) is 9.36. The highest BCUT2D eigenvalue weighted by Crippen LogP contribution is 2.57. The average Bonchev–Trinajstić information content (AvgIpc) is 2.94. The van der Waals surface area contributed by atoms with Crippen LogP contribution >= 0.6 is 0 Å². The van der Waals surface area contributed by atoms with Crippen LogP contribution in [0.3, 0.4) is 0 Å². The summed E-state index contributed by atoms with van der Waals surface area (Å²) in [5, 5.41) is 0. The summed E-state index contributed by atoms with van der Waals surface area (Å²) in [7, 11) is -2.49. The molecule has 2 heteroatoms. The molecule has 0 aromatic carbocycles. The molecule has 0 nitrogen and oxygen atoms in total. The Hall–Kier alpha value is 0.434. The molecule has 30 heavy (non-hydrogen) atoms. The van der Waals surface area contributed by atoms with Gasteiger partial charge in [-0.25, -0.2) is 0 Å². The van der Waals surface area contributed by atoms with Gasteiger partial charge in [-0.2, -0.15) is 0 Å². The van der Waals surface area contributed by atoms with Crippen molar-refractivity contribution in [3.63, 3.8) is 0 Å². The first-order chi connectivity index (χ1) is 13.5. The quantitative estimate of drug-likeness (QED) is 0.339. The highest BCUT2D eigenvalue weighted by molar-refractivity contribution is 6.79. The lowest BCUT2D eigenvalue weighted by atomic mass is 9.92. The molecule has 2 rings (SSSR count). The predicted molar refractivity (Wildman–Crippen MR) is 144 cm³/mol. The minimum absolute atomic E-state index is 0.894. The van der Waals surface area contributed by atoms with Gasteiger partial charge in [0.15, 0.2) is 0 Å². The molecule has 2 fully saturated rings. The lowest BCUT2D eigenvalue weighted by molar-refractivity contribution is 0.352. The Labute approximate surface area is 193 Å². The van der Waals surface area contributed by atoms with Crippen molar-refractivity contribution >= 4 is 16.1 Å². The number of hydrogen-bond donors (Lipinski definition) is 0. The largest absolute Gasteiger partial charge is 0.0691 e. The lowest BCUT2D eigenvalue weighted by Gasteiger charge is -2.42. The molecule has 0 radical (unpaired) electrons. The van der Waals surface area contributed by atoms with E-state index in [2.05, 4.69) is 95.4 Å². The molecule has 2 aliphatic rings. The molecule has 10 atom stereocenters. The molecule has 0 heterocycles. The zero-order valence-electron chi connectivity index (χ0n) is 23.3. The molecule has 0 bridgehead atoms. The fraction of sp³-hybridized carbons (Fsp3) is 1.00. The minimum atomic E-state index is -1.25. The predicted octanol–water partition coefficient (Wildman–Crippen LogP) is 9.53. The standard InChI is InChI=1S/C28H58Si2/c1-17(15-29(11,12)27-23(7)19(3)20(4)24(27)8)18(2)16-30(13,14)28-25(9)21(5)22(6)26(28)10/h17-28H,15-16H2,1-14H3. The minimum Gasteiger partial charge on any atom is -0.0691 e. The van der Waals surface area contributed by atoms with Crippen molar-refractivity contribution in [3.8, 4) is 0 Å². The van der Waals surface area contributed by atoms with Crippen LogP contribution in [0.5, 0.6) is 0 Å². The van der Waals surface area contributed by atoms with Gasteiger partial charge in [-0.05, 0) is 70.3 Å². The summed E-state index contributed by atoms with van der Waals surface area (Å²) in [5.41, 5.74) is 2.03. The molecule has 178 valence electrons. The van der Waals surface area contributed by atoms with Gasteiger partial charge in [0, 0.05) is 0 Å². The summed E-state index contributed by atoms with van der Waals surface area (Å²) in [6.45, 7) is 36.7. The van der Waals surface area contributed by atoms with Gasteiger partial charge in [0.25, 0.3) is 0 Å². The second-order valence-electron chi connectivity index (χ2n) is 14.3. The molecule has 0 N–H and O–H groups in total. The maximum atomic E-state index is 2.74. The first-order valence-corrected chi connectivity index (χ1v) is 20.1. The van der Waals surface area contributed by atoms with Gasteiger partial charge in [0.2, 0.25) is 0 Å². The third kappa shape index (κ3) is 4.85. The number of hydrogen-bond acceptors (Lipinski definition) is 0. The van der Waals surface area contributed by atoms with Gasteiger partial charge in [0.1, 0.15) is 0 Å². The van der Waals surface area contributed by atoms with Crippen LogP contribution < -0.4 is 0 Å². The maximum Gasteiger partial charge on any atom is 0.0513 e. The first kappa shape index (κ1) is 26.7. The van der Waals surface area contributed by atoms with E-state index >= 15 is 0 Å². The van der Waals surface area contributed by atoms with Crippen LogP contribution in [0.2, 0.25) is 49.4 Å². The fourth-order valence-electron chi connectivity index (χ4n) is 9.36. The normalized spacial score (nSPS) is 45.0. The zero-order valence-corrected chi connectivity index (χ0v) is 25.3. The van der Waals surface area contributed by atoms with E-state index in [0.29, 0.717) is 0 Å². The van der Waals surface area contributed by atoms with Crippen molar-refractivity contribution in [1.29, 1.82) is 0 Å². The highest BCUT2D eigenvalue weighted by Gasteiger charge is 2.51. The highest BCUT2D eigenvalue weighted by atomic mass is 28.3. The third-order valence-electron chi connectivity index (χ3n) is 11.7. The van der Waals surface area contributed by atoms with Gasteiger partial charge in [-0.15, -0.1) is 0 Å². The molecule has 0 spiro atoms. The van der Waals surface area contributed by atoms with Gasteiger partial charge in [0.05, 0.1) is 16.1 Å². The third-order valence-corrected chi connectivity index (χ3v) is 20.8. The Balaban J connectivity index is 2.07. The second-order valence-corrected chi connectivity index (χ2v) is 24.4. The summed E-state index contributed by atoms with van der Waals surface area (Å²) in [5.74, 6) is 9.12. The van der Waals surface area contributed by atoms with Gasteiger partial charge >= 0.3 is 0 Å². The van der Waals surface area contributed by atoms with Crippen molar-refractivity contribution in [2.75, 3.05) is 0 Å². The van der Waals surface area contributed by atoms with Crippen LogP contribution in [0.25, 0.3) is 0 Å². The Kier molecular flexibility index (Phi) is 8.32. The monoisotopic (exact) mass is 450 g/mol. The van der Waals surface area contributed by atoms with Crippen LogP contribution in [-0.2, 0) is 0 Å². The summed E-state index contributed by atoms with van der Waals surface area (Å²) >= 11 is 0. The van der Waals surface area contributed by atoms with Crippen molar-refractivity contribution in [1.82, 2.24) is 0 Å². The molecule has 0 aromatic heterocycles. The van der Waals surface area contributed by atoms with Crippen molar-refractivity contribution in [2.45, 2.75) is 119 Å². The van der Waals surface area contributed by atoms with Crippen LogP contribution in [0.15, 0.2) is 0 Å². The molecule has 0 saturated heterocycles. The molecular weight excluding hydrogens is 392 g/mol. The van der Waals surface area contributed by atoms with Crippen LogP contribution in [0, 0.1) is 59.2 Å². The maximum absolute atomic E-state index is 2.74. The van der Waals surface area contributed by atoms with E-state index in [9.17, 15) is 0 Å². The van der Waals surface area contributed by atoms with Crippen LogP contribution in [0.4, 0.5) is 0 Å². The summed E-state index contributed by atoms with van der Waals surface area (Å²) in [6.07, 6.45) is 0. The average molecular weight is 451 g/mol. The summed E-state index contributed by atoms with van der Waals surface area (Å²) < 4.78 is 0. The summed E-state index contributed by atoms with van der Waals surface area (Å²) in [4.78, 5) is 0. The fourth-order valence-corrected chi connectivity index (χ4v) is 20.9. The van der Waals surface area contributed by atoms with E-state index in [4.69, 9.17) is 0 Å². The van der Waals surface area contributed by atoms with Gasteiger partial charge < -0.3 is 0 Å². The first-order valence-electron chi connectivity index (χ1n) is 13.5. The van der Waals surface area contributed by atoms with Crippen LogP contribution in [-0.4, -0.2) is 16.1 Å². The van der Waals surface area contributed by atoms with Crippen LogP contribution in [0.1, 0.15) is 69.2 Å². The van der Waals surface area contributed by atoms with E-state index in [1.54, 1.807) is 12.1 Å². The van der Waals surface area contributed by atoms with Crippen molar-refractivity contribution in [3.05, 3.63) is 0 Å². The van der Waals surface area contributed by atoms with E-state index < -0.39 is 16.1 Å². The molecule has 2 saturated carbocycles. The van der Waals surface area contributed by atoms with E-state index in [0.717, 1.165) is 70.3 Å². The molecule has 0 aromatic rings. The van der Waals surface area contributed by atoms with E-state index in [1.165, 1.54) is 0 Å². The molecule has 0 aliphatic heterocycles. The van der Waals surface area contributed by atoms with Gasteiger partial charge in [-0.3, -0.25) is 0 Å². The molecule has 0 amide bonds. The lowest BCUT2D eigenvalue weighted by Crippen LogP contribution is -2.42. The Morgan fingerprint density at radius 3 is 0.833 bits per heavy atom.